The summed E-state index contributed by atoms with van der Waals surface area (Å²) in [6.45, 7) is 0.756. The van der Waals surface area contributed by atoms with Crippen molar-refractivity contribution in [1.29, 1.82) is 0 Å². The zero-order valence-corrected chi connectivity index (χ0v) is 20.5. The summed E-state index contributed by atoms with van der Waals surface area (Å²) in [6, 6.07) is 16.0. The molecule has 3 N–H and O–H groups in total. The Morgan fingerprint density at radius 1 is 1.00 bits per heavy atom. The molecule has 202 valence electrons. The van der Waals surface area contributed by atoms with Crippen LogP contribution in [0.2, 0.25) is 0 Å². The van der Waals surface area contributed by atoms with E-state index in [-0.39, 0.29) is 11.5 Å². The zero-order valence-electron chi connectivity index (χ0n) is 20.5. The monoisotopic (exact) mass is 540 g/mol. The van der Waals surface area contributed by atoms with E-state index >= 15 is 0 Å². The van der Waals surface area contributed by atoms with Gasteiger partial charge in [0.15, 0.2) is 5.54 Å². The predicted molar refractivity (Wildman–Crippen MR) is 132 cm³/mol. The van der Waals surface area contributed by atoms with Crippen molar-refractivity contribution in [3.8, 4) is 11.5 Å². The number of benzene rings is 3. The van der Waals surface area contributed by atoms with Crippen molar-refractivity contribution in [2.75, 3.05) is 11.5 Å². The maximum atomic E-state index is 13.7. The van der Waals surface area contributed by atoms with E-state index in [1.54, 1.807) is 37.3 Å². The Balaban J connectivity index is 1.54. The lowest BCUT2D eigenvalue weighted by Crippen LogP contribution is -2.58. The molecule has 5 rings (SSSR count). The summed E-state index contributed by atoms with van der Waals surface area (Å²) in [4.78, 5) is 40.7. The van der Waals surface area contributed by atoms with Gasteiger partial charge in [0.25, 0.3) is 0 Å². The number of aryl methyl sites for hydroxylation is 1. The maximum Gasteiger partial charge on any atom is 0.416 e. The second-order valence-corrected chi connectivity index (χ2v) is 9.56. The van der Waals surface area contributed by atoms with Gasteiger partial charge in [0, 0.05) is 6.04 Å². The van der Waals surface area contributed by atoms with Crippen molar-refractivity contribution < 1.29 is 42.5 Å². The number of fused-ring (bicyclic) bond motifs is 1. The molecule has 11 heteroatoms. The van der Waals surface area contributed by atoms with E-state index in [1.807, 2.05) is 0 Å². The molecule has 8 nitrogen and oxygen atoms in total. The Morgan fingerprint density at radius 3 is 2.31 bits per heavy atom. The number of hydrogen-bond donors (Lipinski definition) is 3. The summed E-state index contributed by atoms with van der Waals surface area (Å²) in [5.41, 5.74) is -1.72. The van der Waals surface area contributed by atoms with Crippen LogP contribution in [0.25, 0.3) is 0 Å². The third-order valence-electron chi connectivity index (χ3n) is 7.26. The molecule has 0 saturated carbocycles. The highest BCUT2D eigenvalue weighted by Gasteiger charge is 2.68. The molecule has 39 heavy (non-hydrogen) atoms. The first kappa shape index (κ1) is 26.4. The SMILES string of the molecule is Cc1ccccc1N1C(=O)C2C(c3cccc(Oc4cccc(C(F)(F)F)c4)c3)NC(CO)(C(=O)O)C2C1=O. The normalized spacial score (nSPS) is 24.6. The number of aliphatic carboxylic acids is 1. The molecule has 0 spiro atoms. The van der Waals surface area contributed by atoms with Crippen molar-refractivity contribution in [3.05, 3.63) is 89.5 Å². The molecule has 3 aromatic rings. The average molecular weight is 540 g/mol. The fraction of sp³-hybridized carbons (Fsp3) is 0.250. The number of nitrogens with zero attached hydrogens (tertiary/aromatic N) is 1. The van der Waals surface area contributed by atoms with Gasteiger partial charge < -0.3 is 14.9 Å². The third-order valence-corrected chi connectivity index (χ3v) is 7.26. The van der Waals surface area contributed by atoms with Gasteiger partial charge in [-0.3, -0.25) is 19.7 Å². The first-order chi connectivity index (χ1) is 18.5. The Labute approximate surface area is 220 Å². The quantitative estimate of drug-likeness (QED) is 0.404. The van der Waals surface area contributed by atoms with Gasteiger partial charge in [0.05, 0.1) is 29.7 Å². The van der Waals surface area contributed by atoms with E-state index in [0.29, 0.717) is 16.8 Å². The van der Waals surface area contributed by atoms with Crippen LogP contribution in [0.1, 0.15) is 22.7 Å². The summed E-state index contributed by atoms with van der Waals surface area (Å²) in [6.07, 6.45) is -4.56. The van der Waals surface area contributed by atoms with Crippen LogP contribution in [0.15, 0.2) is 72.8 Å². The number of aliphatic hydroxyl groups is 1. The van der Waals surface area contributed by atoms with Crippen molar-refractivity contribution in [2.24, 2.45) is 11.8 Å². The first-order valence-corrected chi connectivity index (χ1v) is 12.0. The van der Waals surface area contributed by atoms with Gasteiger partial charge in [0.1, 0.15) is 11.5 Å². The maximum absolute atomic E-state index is 13.7. The van der Waals surface area contributed by atoms with Crippen LogP contribution in [-0.2, 0) is 20.6 Å². The number of amides is 2. The van der Waals surface area contributed by atoms with Crippen molar-refractivity contribution >= 4 is 23.5 Å². The standard InChI is InChI=1S/C28H23F3N2O6/c1-15-6-2-3-11-20(15)33-24(35)21-22(25(33)36)27(14-34,26(37)38)32-23(21)16-7-4-9-18(12-16)39-19-10-5-8-17(13-19)28(29,30)31/h2-13,21-23,32,34H,14H2,1H3,(H,37,38). The van der Waals surface area contributed by atoms with E-state index in [9.17, 15) is 37.8 Å². The Hall–Kier alpha value is -4.22. The number of carbonyl (C=O) groups is 3. The molecule has 4 unspecified atom stereocenters. The molecular formula is C28H23F3N2O6. The number of ether oxygens (including phenoxy) is 1. The van der Waals surface area contributed by atoms with Crippen LogP contribution in [0, 0.1) is 18.8 Å². The number of carboxylic acid groups (broad SMARTS) is 1. The van der Waals surface area contributed by atoms with Gasteiger partial charge in [-0.1, -0.05) is 36.4 Å². The second kappa shape index (κ2) is 9.51. The molecule has 0 radical (unpaired) electrons. The molecule has 2 heterocycles. The Morgan fingerprint density at radius 2 is 1.67 bits per heavy atom. The lowest BCUT2D eigenvalue weighted by Gasteiger charge is -2.29. The summed E-state index contributed by atoms with van der Waals surface area (Å²) < 4.78 is 45.0. The molecule has 0 aliphatic carbocycles. The predicted octanol–water partition coefficient (Wildman–Crippen LogP) is 4.07. The van der Waals surface area contributed by atoms with Crippen LogP contribution < -0.4 is 15.0 Å². The summed E-state index contributed by atoms with van der Waals surface area (Å²) >= 11 is 0. The van der Waals surface area contributed by atoms with Gasteiger partial charge in [-0.25, -0.2) is 4.90 Å². The number of aliphatic hydroxyl groups excluding tert-OH is 1. The molecule has 2 aliphatic heterocycles. The van der Waals surface area contributed by atoms with Gasteiger partial charge in [-0.05, 0) is 54.4 Å². The number of rotatable bonds is 6. The lowest BCUT2D eigenvalue weighted by atomic mass is 9.79. The molecule has 2 saturated heterocycles. The number of imide groups is 1. The minimum Gasteiger partial charge on any atom is -0.480 e. The third kappa shape index (κ3) is 4.33. The molecule has 0 aromatic heterocycles. The number of anilines is 1. The summed E-state index contributed by atoms with van der Waals surface area (Å²) in [5, 5.41) is 23.1. The van der Waals surface area contributed by atoms with Crippen LogP contribution >= 0.6 is 0 Å². The Kier molecular flexibility index (Phi) is 6.44. The van der Waals surface area contributed by atoms with Crippen LogP contribution in [-0.4, -0.2) is 40.1 Å². The van der Waals surface area contributed by atoms with Gasteiger partial charge >= 0.3 is 12.1 Å². The topological polar surface area (TPSA) is 116 Å². The van der Waals surface area contributed by atoms with E-state index in [4.69, 9.17) is 4.74 Å². The van der Waals surface area contributed by atoms with E-state index < -0.39 is 59.5 Å². The number of halogens is 3. The summed E-state index contributed by atoms with van der Waals surface area (Å²) in [7, 11) is 0. The number of hydrogen-bond acceptors (Lipinski definition) is 6. The number of alkyl halides is 3. The van der Waals surface area contributed by atoms with E-state index in [0.717, 1.165) is 17.0 Å². The highest BCUT2D eigenvalue weighted by Crippen LogP contribution is 2.50. The van der Waals surface area contributed by atoms with Crippen molar-refractivity contribution in [1.82, 2.24) is 5.32 Å². The highest BCUT2D eigenvalue weighted by molar-refractivity contribution is 6.24. The van der Waals surface area contributed by atoms with Gasteiger partial charge in [-0.15, -0.1) is 0 Å². The van der Waals surface area contributed by atoms with Crippen LogP contribution in [0.3, 0.4) is 0 Å². The number of nitrogens with one attached hydrogen (secondary N) is 1. The molecule has 2 aliphatic rings. The molecular weight excluding hydrogens is 517 g/mol. The Bertz CT molecular complexity index is 1480. The average Bonchev–Trinajstić information content (AvgIpc) is 3.38. The molecule has 3 aromatic carbocycles. The van der Waals surface area contributed by atoms with Crippen molar-refractivity contribution in [3.63, 3.8) is 0 Å². The molecule has 2 amide bonds. The molecule has 2 fully saturated rings. The molecule has 4 atom stereocenters. The first-order valence-electron chi connectivity index (χ1n) is 12.0. The van der Waals surface area contributed by atoms with Crippen LogP contribution in [0.4, 0.5) is 18.9 Å². The largest absolute Gasteiger partial charge is 0.480 e. The fourth-order valence-electron chi connectivity index (χ4n) is 5.39. The van der Waals surface area contributed by atoms with E-state index in [1.165, 1.54) is 30.3 Å². The van der Waals surface area contributed by atoms with Gasteiger partial charge in [0.2, 0.25) is 11.8 Å². The lowest BCUT2D eigenvalue weighted by molar-refractivity contribution is -0.150. The van der Waals surface area contributed by atoms with E-state index in [2.05, 4.69) is 5.32 Å². The molecule has 0 bridgehead atoms. The number of carbonyl (C=O) groups excluding carboxylic acids is 2. The fourth-order valence-corrected chi connectivity index (χ4v) is 5.39. The minimum atomic E-state index is -4.56. The van der Waals surface area contributed by atoms with Crippen LogP contribution in [0.5, 0.6) is 11.5 Å². The number of carboxylic acids is 1. The summed E-state index contributed by atoms with van der Waals surface area (Å²) in [5.74, 6) is -5.40. The second-order valence-electron chi connectivity index (χ2n) is 9.56. The highest BCUT2D eigenvalue weighted by atomic mass is 19.4. The number of para-hydroxylation sites is 1. The minimum absolute atomic E-state index is 0.0766. The smallest absolute Gasteiger partial charge is 0.416 e. The van der Waals surface area contributed by atoms with Crippen molar-refractivity contribution in [2.45, 2.75) is 24.7 Å². The van der Waals surface area contributed by atoms with Gasteiger partial charge in [-0.2, -0.15) is 13.2 Å². The zero-order chi connectivity index (χ0) is 28.1.